The Hall–Kier alpha value is -4.19. The molecule has 206 valence electrons. The lowest BCUT2D eigenvalue weighted by molar-refractivity contribution is 0.562. The van der Waals surface area contributed by atoms with Crippen LogP contribution in [0.15, 0.2) is 83.8 Å². The van der Waals surface area contributed by atoms with Crippen molar-refractivity contribution in [1.82, 2.24) is 24.7 Å². The van der Waals surface area contributed by atoms with Gasteiger partial charge in [-0.25, -0.2) is 19.3 Å². The average molecular weight is 584 g/mol. The molecule has 41 heavy (non-hydrogen) atoms. The molecule has 0 saturated carbocycles. The number of rotatable bonds is 7. The third-order valence-electron chi connectivity index (χ3n) is 6.33. The van der Waals surface area contributed by atoms with E-state index in [0.29, 0.717) is 12.4 Å². The van der Waals surface area contributed by atoms with Crippen molar-refractivity contribution in [2.45, 2.75) is 32.1 Å². The minimum Gasteiger partial charge on any atom is -0.591 e. The van der Waals surface area contributed by atoms with E-state index >= 15 is 0 Å². The van der Waals surface area contributed by atoms with Gasteiger partial charge in [-0.3, -0.25) is 4.68 Å². The van der Waals surface area contributed by atoms with Crippen LogP contribution in [-0.4, -0.2) is 40.2 Å². The van der Waals surface area contributed by atoms with Gasteiger partial charge in [0.05, 0.1) is 34.9 Å². The quantitative estimate of drug-likeness (QED) is 0.162. The van der Waals surface area contributed by atoms with Gasteiger partial charge in [0.15, 0.2) is 0 Å². The van der Waals surface area contributed by atoms with Gasteiger partial charge in [0.1, 0.15) is 39.1 Å². The number of fused-ring (bicyclic) bond motifs is 2. The molecule has 11 heteroatoms. The number of hydrogen-bond donors (Lipinski definition) is 1. The van der Waals surface area contributed by atoms with Crippen LogP contribution in [0.25, 0.3) is 32.4 Å². The van der Waals surface area contributed by atoms with Gasteiger partial charge < -0.3 is 9.87 Å². The molecule has 6 rings (SSSR count). The minimum atomic E-state index is -1.33. The molecule has 8 nitrogen and oxygen atoms in total. The average Bonchev–Trinajstić information content (AvgIpc) is 3.58. The monoisotopic (exact) mass is 583 g/mol. The van der Waals surface area contributed by atoms with E-state index in [1.807, 2.05) is 67.9 Å². The number of nitrogens with one attached hydrogen (secondary N) is 1. The summed E-state index contributed by atoms with van der Waals surface area (Å²) in [4.78, 5) is 14.3. The van der Waals surface area contributed by atoms with E-state index in [1.165, 1.54) is 29.8 Å². The molecule has 3 aromatic heterocycles. The molecule has 3 aromatic carbocycles. The second-order valence-electron chi connectivity index (χ2n) is 10.4. The molecule has 0 aliphatic rings. The Morgan fingerprint density at radius 3 is 2.76 bits per heavy atom. The van der Waals surface area contributed by atoms with Crippen molar-refractivity contribution in [1.29, 1.82) is 0 Å². The molecular weight excluding hydrogens is 558 g/mol. The third kappa shape index (κ3) is 5.97. The molecule has 0 aliphatic carbocycles. The van der Waals surface area contributed by atoms with E-state index < -0.39 is 16.1 Å². The summed E-state index contributed by atoms with van der Waals surface area (Å²) in [5.74, 6) is 0.408. The summed E-state index contributed by atoms with van der Waals surface area (Å²) in [5.41, 5.74) is 4.37. The van der Waals surface area contributed by atoms with E-state index in [-0.39, 0.29) is 5.82 Å². The molecule has 0 saturated heterocycles. The minimum absolute atomic E-state index is 0.261. The summed E-state index contributed by atoms with van der Waals surface area (Å²) < 4.78 is 31.5. The summed E-state index contributed by atoms with van der Waals surface area (Å²) in [6, 6.07) is 18.5. The van der Waals surface area contributed by atoms with Gasteiger partial charge in [0.25, 0.3) is 0 Å². The van der Waals surface area contributed by atoms with Crippen molar-refractivity contribution in [3.05, 3.63) is 95.6 Å². The van der Waals surface area contributed by atoms with Gasteiger partial charge in [-0.2, -0.15) is 5.10 Å². The van der Waals surface area contributed by atoms with E-state index in [2.05, 4.69) is 29.8 Å². The fourth-order valence-corrected chi connectivity index (χ4v) is 5.64. The molecule has 1 unspecified atom stereocenters. The Balaban J connectivity index is 1.25. The van der Waals surface area contributed by atoms with E-state index in [4.69, 9.17) is 0 Å². The third-order valence-corrected chi connectivity index (χ3v) is 8.66. The van der Waals surface area contributed by atoms with Crippen LogP contribution in [0.3, 0.4) is 0 Å². The smallest absolute Gasteiger partial charge is 0.144 e. The van der Waals surface area contributed by atoms with Gasteiger partial charge in [0.2, 0.25) is 0 Å². The number of aromatic nitrogens is 5. The van der Waals surface area contributed by atoms with Crippen molar-refractivity contribution in [2.24, 2.45) is 4.40 Å². The summed E-state index contributed by atoms with van der Waals surface area (Å²) >= 11 is 0.148. The predicted octanol–water partition coefficient (Wildman–Crippen LogP) is 6.92. The molecule has 0 amide bonds. The number of thiazole rings is 1. The Bertz CT molecular complexity index is 1890. The Morgan fingerprint density at radius 2 is 1.93 bits per heavy atom. The molecule has 3 heterocycles. The van der Waals surface area contributed by atoms with E-state index in [0.717, 1.165) is 48.5 Å². The molecule has 0 spiro atoms. The zero-order chi connectivity index (χ0) is 28.6. The SMILES string of the molecule is CC(C)(C)[S+]([O-])N=Cc1cnc(-c2ccc3ncnc(Nc4ccc5c(cnn5Cc5cccc(F)c5)c4)c3c2)s1. The van der Waals surface area contributed by atoms with Crippen LogP contribution in [0.5, 0.6) is 0 Å². The van der Waals surface area contributed by atoms with Crippen LogP contribution in [0, 0.1) is 5.82 Å². The Kier molecular flexibility index (Phi) is 7.24. The van der Waals surface area contributed by atoms with Gasteiger partial charge in [-0.05, 0) is 74.9 Å². The number of hydrogen-bond acceptors (Lipinski definition) is 8. The van der Waals surface area contributed by atoms with Crippen molar-refractivity contribution < 1.29 is 8.94 Å². The van der Waals surface area contributed by atoms with Crippen LogP contribution in [-0.2, 0) is 17.9 Å². The molecule has 0 bridgehead atoms. The first-order valence-corrected chi connectivity index (χ1v) is 14.8. The van der Waals surface area contributed by atoms with E-state index in [1.54, 1.807) is 24.7 Å². The standard InChI is InChI=1S/C30H26FN7OS2/c1-30(2,3)41(39)36-16-24-15-32-29(40-24)20-7-9-26-25(13-20)28(34-18-33-26)37-23-8-10-27-21(12-23)14-35-38(27)17-19-5-4-6-22(31)11-19/h4-16,18H,17H2,1-3H3,(H,33,34,37). The summed E-state index contributed by atoms with van der Waals surface area (Å²) in [7, 11) is 0. The van der Waals surface area contributed by atoms with Crippen LogP contribution < -0.4 is 5.32 Å². The van der Waals surface area contributed by atoms with Crippen molar-refractivity contribution in [2.75, 3.05) is 5.32 Å². The van der Waals surface area contributed by atoms with E-state index in [9.17, 15) is 8.94 Å². The first-order chi connectivity index (χ1) is 19.7. The predicted molar refractivity (Wildman–Crippen MR) is 165 cm³/mol. The first kappa shape index (κ1) is 27.0. The summed E-state index contributed by atoms with van der Waals surface area (Å²) in [6.07, 6.45) is 6.69. The highest BCUT2D eigenvalue weighted by atomic mass is 32.2. The second kappa shape index (κ2) is 11.0. The Morgan fingerprint density at radius 1 is 1.05 bits per heavy atom. The van der Waals surface area contributed by atoms with Gasteiger partial charge in [-0.1, -0.05) is 16.5 Å². The van der Waals surface area contributed by atoms with Crippen molar-refractivity contribution in [3.63, 3.8) is 0 Å². The maximum atomic E-state index is 13.6. The summed E-state index contributed by atoms with van der Waals surface area (Å²) in [6.45, 7) is 6.15. The number of nitrogens with zero attached hydrogens (tertiary/aromatic N) is 6. The zero-order valence-electron chi connectivity index (χ0n) is 22.6. The second-order valence-corrected chi connectivity index (χ2v) is 13.4. The number of benzene rings is 3. The molecule has 1 atom stereocenters. The molecular formula is C30H26FN7OS2. The maximum absolute atomic E-state index is 13.6. The van der Waals surface area contributed by atoms with Gasteiger partial charge in [0, 0.05) is 28.2 Å². The van der Waals surface area contributed by atoms with Crippen molar-refractivity contribution in [3.8, 4) is 10.6 Å². The van der Waals surface area contributed by atoms with Crippen LogP contribution >= 0.6 is 11.3 Å². The van der Waals surface area contributed by atoms with Gasteiger partial charge in [-0.15, -0.1) is 11.3 Å². The van der Waals surface area contributed by atoms with Crippen LogP contribution in [0.2, 0.25) is 0 Å². The fourth-order valence-electron chi connectivity index (χ4n) is 4.26. The van der Waals surface area contributed by atoms with Crippen LogP contribution in [0.4, 0.5) is 15.9 Å². The fraction of sp³-hybridized carbons (Fsp3) is 0.167. The zero-order valence-corrected chi connectivity index (χ0v) is 24.2. The molecule has 1 N–H and O–H groups in total. The Labute approximate surface area is 243 Å². The lowest BCUT2D eigenvalue weighted by atomic mass is 10.1. The topological polar surface area (TPSA) is 104 Å². The van der Waals surface area contributed by atoms with Gasteiger partial charge >= 0.3 is 0 Å². The molecule has 6 aromatic rings. The molecule has 0 radical (unpaired) electrons. The van der Waals surface area contributed by atoms with Crippen LogP contribution in [0.1, 0.15) is 31.2 Å². The normalized spacial score (nSPS) is 12.9. The number of anilines is 2. The first-order valence-electron chi connectivity index (χ1n) is 12.9. The largest absolute Gasteiger partial charge is 0.591 e. The summed E-state index contributed by atoms with van der Waals surface area (Å²) in [5, 5.41) is 10.6. The lowest BCUT2D eigenvalue weighted by Gasteiger charge is -2.17. The highest BCUT2D eigenvalue weighted by molar-refractivity contribution is 7.91. The molecule has 0 aliphatic heterocycles. The number of halogens is 1. The molecule has 0 fully saturated rings. The lowest BCUT2D eigenvalue weighted by Crippen LogP contribution is -2.25. The highest BCUT2D eigenvalue weighted by Crippen LogP contribution is 2.31. The highest BCUT2D eigenvalue weighted by Gasteiger charge is 2.26. The van der Waals surface area contributed by atoms with Crippen molar-refractivity contribution >= 4 is 62.2 Å². The maximum Gasteiger partial charge on any atom is 0.144 e.